The van der Waals surface area contributed by atoms with E-state index in [1.807, 2.05) is 74.2 Å². The Morgan fingerprint density at radius 3 is 1.92 bits per heavy atom. The fraction of sp³-hybridized carbons (Fsp3) is 0.345. The first-order chi connectivity index (χ1) is 17.4. The van der Waals surface area contributed by atoms with Crippen LogP contribution in [0.25, 0.3) is 0 Å². The minimum Gasteiger partial charge on any atom is -0.493 e. The molecule has 7 heteroatoms. The molecular weight excluding hydrogens is 458 g/mol. The summed E-state index contributed by atoms with van der Waals surface area (Å²) in [5.41, 5.74) is 4.60. The largest absolute Gasteiger partial charge is 0.493 e. The van der Waals surface area contributed by atoms with Crippen molar-refractivity contribution in [1.82, 2.24) is 0 Å². The number of hydrogen-bond donors (Lipinski definition) is 0. The summed E-state index contributed by atoms with van der Waals surface area (Å²) in [7, 11) is 4.74. The zero-order chi connectivity index (χ0) is 25.8. The molecule has 0 saturated carbocycles. The Morgan fingerprint density at radius 1 is 0.806 bits per heavy atom. The van der Waals surface area contributed by atoms with E-state index in [9.17, 15) is 4.79 Å². The van der Waals surface area contributed by atoms with Crippen LogP contribution in [0.3, 0.4) is 0 Å². The lowest BCUT2D eigenvalue weighted by atomic mass is 9.86. The molecule has 0 N–H and O–H groups in total. The molecule has 0 saturated heterocycles. The van der Waals surface area contributed by atoms with Gasteiger partial charge >= 0.3 is 0 Å². The third-order valence-electron chi connectivity index (χ3n) is 6.28. The number of hydrogen-bond acceptors (Lipinski definition) is 6. The number of methoxy groups -OCH3 is 3. The quantitative estimate of drug-likeness (QED) is 0.394. The highest BCUT2D eigenvalue weighted by atomic mass is 16.5. The highest BCUT2D eigenvalue weighted by Gasteiger charge is 2.37. The number of anilines is 1. The predicted molar refractivity (Wildman–Crippen MR) is 139 cm³/mol. The molecule has 1 aliphatic heterocycles. The van der Waals surface area contributed by atoms with Gasteiger partial charge < -0.3 is 28.6 Å². The molecule has 0 bridgehead atoms. The first-order valence-electron chi connectivity index (χ1n) is 12.1. The Morgan fingerprint density at radius 2 is 1.39 bits per heavy atom. The van der Waals surface area contributed by atoms with Gasteiger partial charge in [-0.15, -0.1) is 0 Å². The van der Waals surface area contributed by atoms with Gasteiger partial charge in [-0.1, -0.05) is 17.7 Å². The van der Waals surface area contributed by atoms with Crippen molar-refractivity contribution in [1.29, 1.82) is 0 Å². The Hall–Kier alpha value is -3.87. The highest BCUT2D eigenvalue weighted by Crippen LogP contribution is 2.47. The minimum absolute atomic E-state index is 0.0169. The Bertz CT molecular complexity index is 1210. The molecule has 0 spiro atoms. The van der Waals surface area contributed by atoms with E-state index in [1.165, 1.54) is 0 Å². The van der Waals surface area contributed by atoms with Crippen LogP contribution in [-0.2, 0) is 11.2 Å². The van der Waals surface area contributed by atoms with Gasteiger partial charge in [-0.05, 0) is 73.9 Å². The van der Waals surface area contributed by atoms with Crippen molar-refractivity contribution in [3.05, 3.63) is 70.8 Å². The molecule has 7 nitrogen and oxygen atoms in total. The van der Waals surface area contributed by atoms with Crippen LogP contribution in [0, 0.1) is 6.92 Å². The molecule has 1 atom stereocenters. The second-order valence-electron chi connectivity index (χ2n) is 8.50. The molecule has 190 valence electrons. The molecule has 0 aromatic heterocycles. The van der Waals surface area contributed by atoms with E-state index in [2.05, 4.69) is 0 Å². The van der Waals surface area contributed by atoms with Crippen LogP contribution in [0.15, 0.2) is 48.5 Å². The molecule has 1 heterocycles. The molecule has 0 aliphatic carbocycles. The van der Waals surface area contributed by atoms with Crippen LogP contribution < -0.4 is 28.6 Å². The summed E-state index contributed by atoms with van der Waals surface area (Å²) in [5, 5.41) is 0. The maximum Gasteiger partial charge on any atom is 0.232 e. The van der Waals surface area contributed by atoms with Gasteiger partial charge in [0.25, 0.3) is 0 Å². The van der Waals surface area contributed by atoms with Crippen LogP contribution in [0.5, 0.6) is 28.7 Å². The van der Waals surface area contributed by atoms with Gasteiger partial charge in [0.05, 0.1) is 47.0 Å². The Balaban J connectivity index is 1.99. The van der Waals surface area contributed by atoms with Crippen molar-refractivity contribution in [2.75, 3.05) is 39.4 Å². The van der Waals surface area contributed by atoms with Gasteiger partial charge in [-0.3, -0.25) is 4.79 Å². The van der Waals surface area contributed by atoms with Crippen molar-refractivity contribution in [2.24, 2.45) is 0 Å². The van der Waals surface area contributed by atoms with Crippen LogP contribution in [-0.4, -0.2) is 40.5 Å². The average Bonchev–Trinajstić information content (AvgIpc) is 2.88. The molecule has 1 amide bonds. The second kappa shape index (κ2) is 10.8. The highest BCUT2D eigenvalue weighted by molar-refractivity contribution is 5.98. The number of benzene rings is 3. The van der Waals surface area contributed by atoms with E-state index in [4.69, 9.17) is 23.7 Å². The summed E-state index contributed by atoms with van der Waals surface area (Å²) in [5.74, 6) is 2.80. The summed E-state index contributed by atoms with van der Waals surface area (Å²) < 4.78 is 28.6. The SMILES string of the molecule is CCOc1cc2c(cc1OCC)C(c1cc(OC)c(OC)c(OC)c1)N(c1ccc(C)cc1)C(=O)C2. The predicted octanol–water partition coefficient (Wildman–Crippen LogP) is 5.50. The van der Waals surface area contributed by atoms with Crippen molar-refractivity contribution in [3.63, 3.8) is 0 Å². The normalized spacial score (nSPS) is 14.8. The minimum atomic E-state index is -0.451. The van der Waals surface area contributed by atoms with Crippen molar-refractivity contribution >= 4 is 11.6 Å². The summed E-state index contributed by atoms with van der Waals surface area (Å²) in [4.78, 5) is 15.5. The molecule has 0 fully saturated rings. The Kier molecular flexibility index (Phi) is 7.58. The van der Waals surface area contributed by atoms with Gasteiger partial charge in [0.15, 0.2) is 23.0 Å². The molecular formula is C29H33NO6. The fourth-order valence-corrected chi connectivity index (χ4v) is 4.68. The molecule has 0 radical (unpaired) electrons. The molecule has 4 rings (SSSR count). The van der Waals surface area contributed by atoms with Crippen LogP contribution in [0.2, 0.25) is 0 Å². The van der Waals surface area contributed by atoms with E-state index in [0.717, 1.165) is 27.9 Å². The molecule has 1 unspecified atom stereocenters. The van der Waals surface area contributed by atoms with E-state index < -0.39 is 6.04 Å². The molecule has 36 heavy (non-hydrogen) atoms. The third-order valence-corrected chi connectivity index (χ3v) is 6.28. The Labute approximate surface area is 212 Å². The van der Waals surface area contributed by atoms with Crippen molar-refractivity contribution in [2.45, 2.75) is 33.2 Å². The number of fused-ring (bicyclic) bond motifs is 1. The monoisotopic (exact) mass is 491 g/mol. The fourth-order valence-electron chi connectivity index (χ4n) is 4.68. The molecule has 1 aliphatic rings. The van der Waals surface area contributed by atoms with E-state index in [1.54, 1.807) is 21.3 Å². The lowest BCUT2D eigenvalue weighted by molar-refractivity contribution is -0.118. The first-order valence-corrected chi connectivity index (χ1v) is 12.1. The van der Waals surface area contributed by atoms with Gasteiger partial charge in [0, 0.05) is 5.69 Å². The van der Waals surface area contributed by atoms with Crippen molar-refractivity contribution in [3.8, 4) is 28.7 Å². The van der Waals surface area contributed by atoms with E-state index in [0.29, 0.717) is 42.0 Å². The summed E-state index contributed by atoms with van der Waals surface area (Å²) in [6.45, 7) is 6.89. The third kappa shape index (κ3) is 4.65. The summed E-state index contributed by atoms with van der Waals surface area (Å²) in [6, 6.07) is 15.2. The van der Waals surface area contributed by atoms with E-state index >= 15 is 0 Å². The van der Waals surface area contributed by atoms with Crippen LogP contribution in [0.4, 0.5) is 5.69 Å². The smallest absolute Gasteiger partial charge is 0.232 e. The second-order valence-corrected chi connectivity index (χ2v) is 8.50. The van der Waals surface area contributed by atoms with Crippen LogP contribution >= 0.6 is 0 Å². The van der Waals surface area contributed by atoms with Crippen LogP contribution in [0.1, 0.15) is 42.1 Å². The standard InChI is InChI=1S/C29H33NO6/c1-7-35-23-13-19-16-27(31)30(21-11-9-18(3)10-12-21)28(22(19)17-24(23)36-8-2)20-14-25(32-4)29(34-6)26(15-20)33-5/h9-15,17,28H,7-8,16H2,1-6H3. The van der Waals surface area contributed by atoms with Crippen molar-refractivity contribution < 1.29 is 28.5 Å². The van der Waals surface area contributed by atoms with Gasteiger partial charge in [0.1, 0.15) is 0 Å². The number of aryl methyl sites for hydroxylation is 1. The van der Waals surface area contributed by atoms with E-state index in [-0.39, 0.29) is 12.3 Å². The maximum atomic E-state index is 13.7. The maximum absolute atomic E-state index is 13.7. The van der Waals surface area contributed by atoms with Gasteiger partial charge in [-0.2, -0.15) is 0 Å². The van der Waals surface area contributed by atoms with Gasteiger partial charge in [-0.25, -0.2) is 0 Å². The topological polar surface area (TPSA) is 66.5 Å². The summed E-state index contributed by atoms with van der Waals surface area (Å²) >= 11 is 0. The number of rotatable bonds is 9. The number of carbonyl (C=O) groups is 1. The lowest BCUT2D eigenvalue weighted by Crippen LogP contribution is -2.41. The molecule has 3 aromatic rings. The number of nitrogens with zero attached hydrogens (tertiary/aromatic N) is 1. The number of carbonyl (C=O) groups excluding carboxylic acids is 1. The zero-order valence-electron chi connectivity index (χ0n) is 21.7. The summed E-state index contributed by atoms with van der Waals surface area (Å²) in [6.07, 6.45) is 0.247. The number of ether oxygens (including phenoxy) is 5. The van der Waals surface area contributed by atoms with Gasteiger partial charge in [0.2, 0.25) is 11.7 Å². The zero-order valence-corrected chi connectivity index (χ0v) is 21.7. The molecule has 3 aromatic carbocycles. The number of amides is 1. The average molecular weight is 492 g/mol. The first kappa shape index (κ1) is 25.2. The lowest BCUT2D eigenvalue weighted by Gasteiger charge is -2.38.